The molecular weight excluding hydrogens is 406 g/mol. The number of amides is 4. The van der Waals surface area contributed by atoms with Crippen LogP contribution in [0.5, 0.6) is 0 Å². The summed E-state index contributed by atoms with van der Waals surface area (Å²) in [6.07, 6.45) is 0. The number of urea groups is 1. The number of rotatable bonds is 8. The van der Waals surface area contributed by atoms with Crippen molar-refractivity contribution in [2.24, 2.45) is 0 Å². The molecule has 166 valence electrons. The fraction of sp³-hybridized carbons (Fsp3) is 0.450. The lowest BCUT2D eigenvalue weighted by Gasteiger charge is -2.32. The smallest absolute Gasteiger partial charge is 0.322 e. The molecule has 11 heteroatoms. The molecule has 2 N–H and O–H groups in total. The van der Waals surface area contributed by atoms with Gasteiger partial charge in [0.05, 0.1) is 35.4 Å². The molecular formula is C20H25N5O6. The van der Waals surface area contributed by atoms with Gasteiger partial charge in [-0.2, -0.15) is 0 Å². The Morgan fingerprint density at radius 3 is 2.81 bits per heavy atom. The number of hydrogen-bond acceptors (Lipinski definition) is 6. The largest absolute Gasteiger partial charge is 0.383 e. The zero-order chi connectivity index (χ0) is 22.7. The predicted octanol–water partition coefficient (Wildman–Crippen LogP) is 0.928. The molecule has 0 saturated heterocycles. The summed E-state index contributed by atoms with van der Waals surface area (Å²) in [6.45, 7) is 4.49. The van der Waals surface area contributed by atoms with Gasteiger partial charge in [0, 0.05) is 32.3 Å². The standard InChI is InChI=1S/C20H25N5O6/c1-4-23-15-11-24(12(2)18(26)21-8-9-31-3)19(27)16(15)17(22-20(23)28)13-6-5-7-14(10-13)25(29)30/h5-7,10,12,17H,4,8-9,11H2,1-3H3,(H,21,26)(H,22,28)/t12-,17+/m0/s1. The van der Waals surface area contributed by atoms with Crippen LogP contribution in [0, 0.1) is 10.1 Å². The Bertz CT molecular complexity index is 946. The molecule has 0 unspecified atom stereocenters. The second-order valence-corrected chi connectivity index (χ2v) is 7.23. The number of nitro benzene ring substituents is 1. The van der Waals surface area contributed by atoms with Crippen molar-refractivity contribution in [2.45, 2.75) is 25.9 Å². The number of likely N-dealkylation sites (N-methyl/N-ethyl adjacent to an activating group) is 1. The van der Waals surface area contributed by atoms with E-state index in [0.717, 1.165) is 0 Å². The molecule has 0 aromatic heterocycles. The number of benzene rings is 1. The summed E-state index contributed by atoms with van der Waals surface area (Å²) in [5, 5.41) is 16.7. The Balaban J connectivity index is 1.93. The van der Waals surface area contributed by atoms with Crippen LogP contribution in [0.4, 0.5) is 10.5 Å². The molecule has 1 aromatic rings. The van der Waals surface area contributed by atoms with Crippen molar-refractivity contribution in [1.29, 1.82) is 0 Å². The van der Waals surface area contributed by atoms with Crippen molar-refractivity contribution in [2.75, 3.05) is 33.4 Å². The maximum atomic E-state index is 13.3. The molecule has 0 spiro atoms. The van der Waals surface area contributed by atoms with Crippen LogP contribution in [0.3, 0.4) is 0 Å². The highest BCUT2D eigenvalue weighted by Crippen LogP contribution is 2.37. The number of methoxy groups -OCH3 is 1. The number of ether oxygens (including phenoxy) is 1. The predicted molar refractivity (Wildman–Crippen MR) is 110 cm³/mol. The van der Waals surface area contributed by atoms with E-state index in [1.807, 2.05) is 0 Å². The molecule has 0 saturated carbocycles. The second-order valence-electron chi connectivity index (χ2n) is 7.23. The van der Waals surface area contributed by atoms with E-state index in [-0.39, 0.29) is 24.0 Å². The third-order valence-corrected chi connectivity index (χ3v) is 5.43. The highest BCUT2D eigenvalue weighted by atomic mass is 16.6. The fourth-order valence-corrected chi connectivity index (χ4v) is 3.79. The SMILES string of the molecule is CCN1C(=O)N[C@H](c2cccc([N+](=O)[O-])c2)C2=C1CN([C@@H](C)C(=O)NCCOC)C2=O. The van der Waals surface area contributed by atoms with Gasteiger partial charge in [-0.25, -0.2) is 4.79 Å². The Labute approximate surface area is 179 Å². The zero-order valence-electron chi connectivity index (χ0n) is 17.6. The Morgan fingerprint density at radius 2 is 2.16 bits per heavy atom. The van der Waals surface area contributed by atoms with Gasteiger partial charge in [-0.05, 0) is 19.4 Å². The molecule has 2 aliphatic heterocycles. The maximum absolute atomic E-state index is 13.3. The molecule has 0 radical (unpaired) electrons. The van der Waals surface area contributed by atoms with Gasteiger partial charge in [0.25, 0.3) is 11.6 Å². The Hall–Kier alpha value is -3.47. The average molecular weight is 431 g/mol. The topological polar surface area (TPSA) is 134 Å². The van der Waals surface area contributed by atoms with Crippen LogP contribution in [0.25, 0.3) is 0 Å². The van der Waals surface area contributed by atoms with E-state index in [1.54, 1.807) is 19.9 Å². The Morgan fingerprint density at radius 1 is 1.42 bits per heavy atom. The minimum atomic E-state index is -0.841. The van der Waals surface area contributed by atoms with Crippen LogP contribution < -0.4 is 10.6 Å². The minimum Gasteiger partial charge on any atom is -0.383 e. The molecule has 0 aliphatic carbocycles. The summed E-state index contributed by atoms with van der Waals surface area (Å²) in [5.74, 6) is -0.723. The summed E-state index contributed by atoms with van der Waals surface area (Å²) < 4.78 is 4.92. The molecule has 2 aliphatic rings. The molecule has 2 atom stereocenters. The molecule has 0 bridgehead atoms. The highest BCUT2D eigenvalue weighted by Gasteiger charge is 2.46. The maximum Gasteiger partial charge on any atom is 0.322 e. The van der Waals surface area contributed by atoms with Crippen LogP contribution >= 0.6 is 0 Å². The zero-order valence-corrected chi connectivity index (χ0v) is 17.6. The van der Waals surface area contributed by atoms with E-state index < -0.39 is 23.0 Å². The van der Waals surface area contributed by atoms with Crippen molar-refractivity contribution in [3.05, 3.63) is 51.2 Å². The minimum absolute atomic E-state index is 0.0969. The first-order chi connectivity index (χ1) is 14.8. The summed E-state index contributed by atoms with van der Waals surface area (Å²) >= 11 is 0. The number of carbonyl (C=O) groups is 3. The van der Waals surface area contributed by atoms with Crippen molar-refractivity contribution < 1.29 is 24.0 Å². The van der Waals surface area contributed by atoms with Crippen LogP contribution in [0.2, 0.25) is 0 Å². The quantitative estimate of drug-likeness (QED) is 0.357. The number of nitro groups is 1. The summed E-state index contributed by atoms with van der Waals surface area (Å²) in [6, 6.07) is 3.81. The van der Waals surface area contributed by atoms with Crippen molar-refractivity contribution in [1.82, 2.24) is 20.4 Å². The van der Waals surface area contributed by atoms with Crippen LogP contribution in [-0.2, 0) is 14.3 Å². The summed E-state index contributed by atoms with van der Waals surface area (Å²) in [5.41, 5.74) is 1.11. The van der Waals surface area contributed by atoms with E-state index in [4.69, 9.17) is 4.74 Å². The van der Waals surface area contributed by atoms with Gasteiger partial charge in [0.1, 0.15) is 6.04 Å². The fourth-order valence-electron chi connectivity index (χ4n) is 3.79. The Kier molecular flexibility index (Phi) is 6.54. The molecule has 2 heterocycles. The number of hydrogen-bond donors (Lipinski definition) is 2. The van der Waals surface area contributed by atoms with Crippen molar-refractivity contribution >= 4 is 23.5 Å². The van der Waals surface area contributed by atoms with Crippen LogP contribution in [0.15, 0.2) is 35.5 Å². The second kappa shape index (κ2) is 9.13. The number of nitrogens with one attached hydrogen (secondary N) is 2. The van der Waals surface area contributed by atoms with Gasteiger partial charge in [-0.15, -0.1) is 0 Å². The average Bonchev–Trinajstić information content (AvgIpc) is 3.09. The van der Waals surface area contributed by atoms with Gasteiger partial charge in [-0.3, -0.25) is 24.6 Å². The van der Waals surface area contributed by atoms with Gasteiger partial charge < -0.3 is 20.3 Å². The number of non-ortho nitro benzene ring substituents is 1. The van der Waals surface area contributed by atoms with Gasteiger partial charge in [-0.1, -0.05) is 12.1 Å². The van der Waals surface area contributed by atoms with Crippen molar-refractivity contribution in [3.8, 4) is 0 Å². The van der Waals surface area contributed by atoms with E-state index in [1.165, 1.54) is 35.1 Å². The first kappa shape index (κ1) is 22.2. The summed E-state index contributed by atoms with van der Waals surface area (Å²) in [4.78, 5) is 52.0. The highest BCUT2D eigenvalue weighted by molar-refractivity contribution is 6.03. The van der Waals surface area contributed by atoms with E-state index in [2.05, 4.69) is 10.6 Å². The third kappa shape index (κ3) is 4.22. The molecule has 11 nitrogen and oxygen atoms in total. The first-order valence-corrected chi connectivity index (χ1v) is 9.93. The van der Waals surface area contributed by atoms with Gasteiger partial charge in [0.2, 0.25) is 5.91 Å². The monoisotopic (exact) mass is 431 g/mol. The van der Waals surface area contributed by atoms with E-state index >= 15 is 0 Å². The molecule has 4 amide bonds. The first-order valence-electron chi connectivity index (χ1n) is 9.93. The van der Waals surface area contributed by atoms with Crippen molar-refractivity contribution in [3.63, 3.8) is 0 Å². The lowest BCUT2D eigenvalue weighted by molar-refractivity contribution is -0.384. The number of carbonyl (C=O) groups excluding carboxylic acids is 3. The van der Waals surface area contributed by atoms with Crippen LogP contribution in [0.1, 0.15) is 25.5 Å². The normalized spacial score (nSPS) is 19.3. The molecule has 1 aromatic carbocycles. The van der Waals surface area contributed by atoms with Gasteiger partial charge >= 0.3 is 6.03 Å². The third-order valence-electron chi connectivity index (χ3n) is 5.43. The van der Waals surface area contributed by atoms with Gasteiger partial charge in [0.15, 0.2) is 0 Å². The lowest BCUT2D eigenvalue weighted by Crippen LogP contribution is -2.47. The summed E-state index contributed by atoms with van der Waals surface area (Å²) in [7, 11) is 1.52. The van der Waals surface area contributed by atoms with E-state index in [0.29, 0.717) is 36.5 Å². The molecule has 0 fully saturated rings. The molecule has 3 rings (SSSR count). The van der Waals surface area contributed by atoms with E-state index in [9.17, 15) is 24.5 Å². The molecule has 31 heavy (non-hydrogen) atoms. The number of nitrogens with zero attached hydrogens (tertiary/aromatic N) is 3. The lowest BCUT2D eigenvalue weighted by atomic mass is 9.95. The van der Waals surface area contributed by atoms with Crippen LogP contribution in [-0.4, -0.2) is 72.0 Å².